The average Bonchev–Trinajstić information content (AvgIpc) is 2.08. The van der Waals surface area contributed by atoms with E-state index in [2.05, 4.69) is 26.0 Å². The molecule has 0 aliphatic heterocycles. The fourth-order valence-corrected chi connectivity index (χ4v) is 0.817. The van der Waals surface area contributed by atoms with Crippen LogP contribution >= 0.6 is 12.4 Å². The molecule has 0 fully saturated rings. The van der Waals surface area contributed by atoms with Gasteiger partial charge in [-0.05, 0) is 12.8 Å². The summed E-state index contributed by atoms with van der Waals surface area (Å²) in [7, 11) is 0. The van der Waals surface area contributed by atoms with Gasteiger partial charge in [0, 0.05) is 0 Å². The van der Waals surface area contributed by atoms with Crippen LogP contribution in [0.3, 0.4) is 0 Å². The molecule has 72 valence electrons. The molecule has 0 radical (unpaired) electrons. The first-order chi connectivity index (χ1) is 5.41. The largest absolute Gasteiger partial charge is 2.00 e. The normalized spacial score (nSPS) is 6.46. The van der Waals surface area contributed by atoms with Gasteiger partial charge in [0.1, 0.15) is 0 Å². The maximum absolute atomic E-state index is 6.63. The summed E-state index contributed by atoms with van der Waals surface area (Å²) in [5.74, 6) is 2.39. The molecule has 0 saturated carbocycles. The van der Waals surface area contributed by atoms with Crippen LogP contribution in [0.1, 0.15) is 45.4 Å². The van der Waals surface area contributed by atoms with Gasteiger partial charge in [-0.1, -0.05) is 32.6 Å². The van der Waals surface area contributed by atoms with Crippen molar-refractivity contribution in [2.24, 2.45) is 0 Å². The molecule has 2 heteroatoms. The summed E-state index contributed by atoms with van der Waals surface area (Å²) in [6.07, 6.45) is 13.9. The van der Waals surface area contributed by atoms with E-state index in [4.69, 9.17) is 6.42 Å². The smallest absolute Gasteiger partial charge is 0.694 e. The van der Waals surface area contributed by atoms with E-state index in [0.717, 1.165) is 12.8 Å². The molecule has 0 bridgehead atoms. The molecule has 0 amide bonds. The summed E-state index contributed by atoms with van der Waals surface area (Å²) < 4.78 is 0. The van der Waals surface area contributed by atoms with Crippen LogP contribution in [0, 0.1) is 18.9 Å². The van der Waals surface area contributed by atoms with Gasteiger partial charge in [-0.25, -0.2) is 0 Å². The maximum atomic E-state index is 6.63. The molecule has 0 aliphatic rings. The first-order valence-electron chi connectivity index (χ1n) is 4.22. The zero-order valence-electron chi connectivity index (χ0n) is 8.64. The summed E-state index contributed by atoms with van der Waals surface area (Å²) >= 11 is 0. The maximum Gasteiger partial charge on any atom is 2.00 e. The molecule has 0 N–H and O–H groups in total. The van der Waals surface area contributed by atoms with Gasteiger partial charge < -0.3 is 18.9 Å². The quantitative estimate of drug-likeness (QED) is 0.282. The van der Waals surface area contributed by atoms with Crippen LogP contribution in [0.5, 0.6) is 0 Å². The van der Waals surface area contributed by atoms with Crippen LogP contribution in [0.2, 0.25) is 0 Å². The first kappa shape index (κ1) is 23.3. The monoisotopic (exact) mass is 210 g/mol. The minimum atomic E-state index is 0. The standard InChI is InChI=1S/C9H15.C2H3.ClH.Mg/c1-3-5-7-9-8-6-4-2;1-2;;/h3,5-9H2,1H3;1H,2H2;1H;/q2*-1;;+2. The van der Waals surface area contributed by atoms with E-state index < -0.39 is 0 Å². The SMILES string of the molecule is Cl.[C-]#CCCCCCCC.[CH-]=C.[Mg+2]. The zero-order valence-corrected chi connectivity index (χ0v) is 10.9. The number of halogens is 1. The van der Waals surface area contributed by atoms with Gasteiger partial charge in [0.05, 0.1) is 0 Å². The summed E-state index contributed by atoms with van der Waals surface area (Å²) in [5.41, 5.74) is 0. The summed E-state index contributed by atoms with van der Waals surface area (Å²) in [6, 6.07) is 0. The molecule has 0 aromatic heterocycles. The molecular weight excluding hydrogens is 192 g/mol. The number of unbranched alkanes of at least 4 members (excludes halogenated alkanes) is 5. The average molecular weight is 211 g/mol. The van der Waals surface area contributed by atoms with Crippen LogP contribution in [-0.4, -0.2) is 23.1 Å². The van der Waals surface area contributed by atoms with Crippen LogP contribution < -0.4 is 0 Å². The Morgan fingerprint density at radius 2 is 1.62 bits per heavy atom. The van der Waals surface area contributed by atoms with E-state index in [1.807, 2.05) is 0 Å². The molecule has 0 rings (SSSR count). The Balaban J connectivity index is -0.0000000941. The van der Waals surface area contributed by atoms with E-state index >= 15 is 0 Å². The molecule has 0 heterocycles. The number of hydrogen-bond acceptors (Lipinski definition) is 0. The molecule has 0 nitrogen and oxygen atoms in total. The van der Waals surface area contributed by atoms with Gasteiger partial charge in [0.2, 0.25) is 0 Å². The Kier molecular flexibility index (Phi) is 52.8. The Morgan fingerprint density at radius 1 is 1.15 bits per heavy atom. The second-order valence-corrected chi connectivity index (χ2v) is 2.34. The van der Waals surface area contributed by atoms with Crippen molar-refractivity contribution in [3.63, 3.8) is 0 Å². The van der Waals surface area contributed by atoms with Crippen molar-refractivity contribution >= 4 is 35.5 Å². The Morgan fingerprint density at radius 3 is 2.00 bits per heavy atom. The molecule has 0 atom stereocenters. The van der Waals surface area contributed by atoms with Crippen molar-refractivity contribution in [3.8, 4) is 5.92 Å². The van der Waals surface area contributed by atoms with Crippen molar-refractivity contribution in [2.75, 3.05) is 0 Å². The molecular formula is C11H19ClMg. The predicted molar refractivity (Wildman–Crippen MR) is 63.4 cm³/mol. The molecule has 0 aliphatic carbocycles. The molecule has 0 saturated heterocycles. The van der Waals surface area contributed by atoms with Crippen LogP contribution in [0.15, 0.2) is 6.58 Å². The van der Waals surface area contributed by atoms with Gasteiger partial charge in [0.15, 0.2) is 0 Å². The van der Waals surface area contributed by atoms with Gasteiger partial charge >= 0.3 is 23.1 Å². The molecule has 13 heavy (non-hydrogen) atoms. The minimum absolute atomic E-state index is 0. The van der Waals surface area contributed by atoms with Crippen LogP contribution in [-0.2, 0) is 0 Å². The van der Waals surface area contributed by atoms with Crippen molar-refractivity contribution in [1.29, 1.82) is 0 Å². The molecule has 0 unspecified atom stereocenters. The minimum Gasteiger partial charge on any atom is -0.694 e. The van der Waals surface area contributed by atoms with Gasteiger partial charge in [-0.15, -0.1) is 12.4 Å². The molecule has 0 aromatic carbocycles. The zero-order chi connectivity index (χ0) is 8.95. The summed E-state index contributed by atoms with van der Waals surface area (Å²) in [4.78, 5) is 0. The summed E-state index contributed by atoms with van der Waals surface area (Å²) in [5, 5.41) is 0. The third-order valence-electron chi connectivity index (χ3n) is 1.41. The number of rotatable bonds is 5. The first-order valence-corrected chi connectivity index (χ1v) is 4.22. The van der Waals surface area contributed by atoms with Crippen molar-refractivity contribution in [1.82, 2.24) is 0 Å². The van der Waals surface area contributed by atoms with Gasteiger partial charge in [0.25, 0.3) is 0 Å². The van der Waals surface area contributed by atoms with Crippen molar-refractivity contribution < 1.29 is 0 Å². The van der Waals surface area contributed by atoms with Crippen molar-refractivity contribution in [3.05, 3.63) is 19.6 Å². The van der Waals surface area contributed by atoms with E-state index in [0.29, 0.717) is 0 Å². The van der Waals surface area contributed by atoms with Crippen LogP contribution in [0.25, 0.3) is 0 Å². The Bertz CT molecular complexity index is 96.8. The second kappa shape index (κ2) is 29.4. The molecule has 0 spiro atoms. The van der Waals surface area contributed by atoms with E-state index in [1.54, 1.807) is 0 Å². The Hall–Kier alpha value is 0.356. The van der Waals surface area contributed by atoms with E-state index in [9.17, 15) is 0 Å². The Labute approximate surface area is 106 Å². The van der Waals surface area contributed by atoms with Gasteiger partial charge in [-0.3, -0.25) is 6.58 Å². The third-order valence-corrected chi connectivity index (χ3v) is 1.41. The number of hydrogen-bond donors (Lipinski definition) is 0. The predicted octanol–water partition coefficient (Wildman–Crippen LogP) is 3.58. The van der Waals surface area contributed by atoms with Crippen LogP contribution in [0.4, 0.5) is 0 Å². The molecule has 0 aromatic rings. The topological polar surface area (TPSA) is 0 Å². The second-order valence-electron chi connectivity index (χ2n) is 2.34. The van der Waals surface area contributed by atoms with E-state index in [1.165, 1.54) is 25.7 Å². The van der Waals surface area contributed by atoms with Crippen molar-refractivity contribution in [2.45, 2.75) is 45.4 Å². The third kappa shape index (κ3) is 32.8. The van der Waals surface area contributed by atoms with Gasteiger partial charge in [-0.2, -0.15) is 0 Å². The fraction of sp³-hybridized carbons (Fsp3) is 0.636. The summed E-state index contributed by atoms with van der Waals surface area (Å²) in [6.45, 7) is 9.21. The van der Waals surface area contributed by atoms with E-state index in [-0.39, 0.29) is 35.5 Å². The fourth-order valence-electron chi connectivity index (χ4n) is 0.817.